The molecule has 7 heteroatoms. The Balaban J connectivity index is 1.65. The standard InChI is InChI=1S/C17H17BrN4OS/c1-23-13-8-6-12(7-9-13)10-11-24-17-21-20-16(22(17)19)14-4-2-3-5-15(14)18/h2-9H,10-11,19H2,1H3. The van der Waals surface area contributed by atoms with Gasteiger partial charge < -0.3 is 10.6 Å². The van der Waals surface area contributed by atoms with Crippen molar-refractivity contribution in [2.45, 2.75) is 11.6 Å². The van der Waals surface area contributed by atoms with Gasteiger partial charge >= 0.3 is 0 Å². The van der Waals surface area contributed by atoms with Crippen LogP contribution in [0.5, 0.6) is 5.75 Å². The molecule has 0 radical (unpaired) electrons. The zero-order valence-electron chi connectivity index (χ0n) is 13.1. The van der Waals surface area contributed by atoms with E-state index in [4.69, 9.17) is 10.6 Å². The van der Waals surface area contributed by atoms with Crippen LogP contribution in [0.1, 0.15) is 5.56 Å². The second kappa shape index (κ2) is 7.72. The number of rotatable bonds is 6. The molecule has 0 bridgehead atoms. The van der Waals surface area contributed by atoms with Crippen LogP contribution in [-0.2, 0) is 6.42 Å². The van der Waals surface area contributed by atoms with Crippen molar-refractivity contribution >= 4 is 27.7 Å². The van der Waals surface area contributed by atoms with Gasteiger partial charge in [-0.05, 0) is 36.2 Å². The van der Waals surface area contributed by atoms with Gasteiger partial charge in [0.05, 0.1) is 7.11 Å². The van der Waals surface area contributed by atoms with E-state index in [0.29, 0.717) is 11.0 Å². The number of nitrogen functional groups attached to an aromatic ring is 1. The summed E-state index contributed by atoms with van der Waals surface area (Å²) in [6, 6.07) is 15.9. The predicted molar refractivity (Wildman–Crippen MR) is 101 cm³/mol. The second-order valence-corrected chi connectivity index (χ2v) is 7.02. The summed E-state index contributed by atoms with van der Waals surface area (Å²) in [6.45, 7) is 0. The van der Waals surface area contributed by atoms with Gasteiger partial charge in [-0.1, -0.05) is 52.0 Å². The van der Waals surface area contributed by atoms with Crippen LogP contribution in [0.2, 0.25) is 0 Å². The fourth-order valence-electron chi connectivity index (χ4n) is 2.25. The summed E-state index contributed by atoms with van der Waals surface area (Å²) in [6.07, 6.45) is 0.923. The molecule has 3 aromatic rings. The highest BCUT2D eigenvalue weighted by Crippen LogP contribution is 2.28. The highest BCUT2D eigenvalue weighted by Gasteiger charge is 2.14. The molecule has 5 nitrogen and oxygen atoms in total. The number of hydrogen-bond donors (Lipinski definition) is 1. The molecular formula is C17H17BrN4OS. The van der Waals surface area contributed by atoms with Crippen LogP contribution in [0.3, 0.4) is 0 Å². The summed E-state index contributed by atoms with van der Waals surface area (Å²) < 4.78 is 7.65. The summed E-state index contributed by atoms with van der Waals surface area (Å²) in [5.74, 6) is 8.54. The molecule has 0 unspecified atom stereocenters. The number of hydrogen-bond acceptors (Lipinski definition) is 5. The van der Waals surface area contributed by atoms with Crippen molar-refractivity contribution in [1.29, 1.82) is 0 Å². The van der Waals surface area contributed by atoms with E-state index >= 15 is 0 Å². The Kier molecular flexibility index (Phi) is 5.42. The second-order valence-electron chi connectivity index (χ2n) is 5.10. The first-order chi connectivity index (χ1) is 11.7. The fraction of sp³-hybridized carbons (Fsp3) is 0.176. The average Bonchev–Trinajstić information content (AvgIpc) is 2.97. The van der Waals surface area contributed by atoms with E-state index in [1.807, 2.05) is 36.4 Å². The fourth-order valence-corrected chi connectivity index (χ4v) is 3.56. The lowest BCUT2D eigenvalue weighted by molar-refractivity contribution is 0.414. The maximum absolute atomic E-state index is 6.16. The molecule has 0 aliphatic heterocycles. The quantitative estimate of drug-likeness (QED) is 0.500. The SMILES string of the molecule is COc1ccc(CCSc2nnc(-c3ccccc3Br)n2N)cc1. The Labute approximate surface area is 153 Å². The third kappa shape index (κ3) is 3.73. The van der Waals surface area contributed by atoms with Gasteiger partial charge in [-0.2, -0.15) is 0 Å². The molecule has 0 aliphatic rings. The van der Waals surface area contributed by atoms with Crippen molar-refractivity contribution in [1.82, 2.24) is 14.9 Å². The summed E-state index contributed by atoms with van der Waals surface area (Å²) in [4.78, 5) is 0. The van der Waals surface area contributed by atoms with Crippen molar-refractivity contribution < 1.29 is 4.74 Å². The van der Waals surface area contributed by atoms with Gasteiger partial charge in [0.2, 0.25) is 5.16 Å². The molecule has 0 spiro atoms. The average molecular weight is 405 g/mol. The summed E-state index contributed by atoms with van der Waals surface area (Å²) in [5, 5.41) is 9.12. The first kappa shape index (κ1) is 16.9. The third-order valence-electron chi connectivity index (χ3n) is 3.56. The van der Waals surface area contributed by atoms with Crippen molar-refractivity contribution in [3.63, 3.8) is 0 Å². The molecule has 0 amide bonds. The molecule has 1 heterocycles. The third-order valence-corrected chi connectivity index (χ3v) is 5.20. The lowest BCUT2D eigenvalue weighted by Crippen LogP contribution is -2.12. The van der Waals surface area contributed by atoms with Gasteiger partial charge in [0.25, 0.3) is 0 Å². The van der Waals surface area contributed by atoms with E-state index < -0.39 is 0 Å². The summed E-state index contributed by atoms with van der Waals surface area (Å²) in [5.41, 5.74) is 2.17. The molecule has 1 aromatic heterocycles. The Bertz CT molecular complexity index is 820. The van der Waals surface area contributed by atoms with Gasteiger partial charge in [-0.15, -0.1) is 10.2 Å². The molecule has 124 valence electrons. The Morgan fingerprint density at radius 3 is 2.58 bits per heavy atom. The number of halogens is 1. The molecule has 0 fully saturated rings. The van der Waals surface area contributed by atoms with Gasteiger partial charge in [-0.25, -0.2) is 4.68 Å². The van der Waals surface area contributed by atoms with Crippen molar-refractivity contribution in [3.8, 4) is 17.1 Å². The molecular weight excluding hydrogens is 388 g/mol. The van der Waals surface area contributed by atoms with Crippen LogP contribution in [0.4, 0.5) is 0 Å². The van der Waals surface area contributed by atoms with Crippen LogP contribution < -0.4 is 10.6 Å². The topological polar surface area (TPSA) is 66.0 Å². The highest BCUT2D eigenvalue weighted by atomic mass is 79.9. The Morgan fingerprint density at radius 2 is 1.88 bits per heavy atom. The van der Waals surface area contributed by atoms with Gasteiger partial charge in [0.1, 0.15) is 5.75 Å². The number of ether oxygens (including phenoxy) is 1. The van der Waals surface area contributed by atoms with E-state index in [9.17, 15) is 0 Å². The van der Waals surface area contributed by atoms with E-state index in [0.717, 1.165) is 28.0 Å². The number of aryl methyl sites for hydroxylation is 1. The molecule has 0 atom stereocenters. The van der Waals surface area contributed by atoms with Crippen LogP contribution >= 0.6 is 27.7 Å². The monoisotopic (exact) mass is 404 g/mol. The van der Waals surface area contributed by atoms with Gasteiger partial charge in [0.15, 0.2) is 5.82 Å². The van der Waals surface area contributed by atoms with Crippen molar-refractivity contribution in [3.05, 3.63) is 58.6 Å². The van der Waals surface area contributed by atoms with Gasteiger partial charge in [-0.3, -0.25) is 0 Å². The first-order valence-electron chi connectivity index (χ1n) is 7.40. The predicted octanol–water partition coefficient (Wildman–Crippen LogP) is 3.76. The Hall–Kier alpha value is -1.99. The molecule has 0 saturated carbocycles. The highest BCUT2D eigenvalue weighted by molar-refractivity contribution is 9.10. The van der Waals surface area contributed by atoms with E-state index in [-0.39, 0.29) is 0 Å². The summed E-state index contributed by atoms with van der Waals surface area (Å²) in [7, 11) is 1.67. The number of benzene rings is 2. The lowest BCUT2D eigenvalue weighted by Gasteiger charge is -2.06. The number of aromatic nitrogens is 3. The normalized spacial score (nSPS) is 10.8. The molecule has 0 aliphatic carbocycles. The smallest absolute Gasteiger partial charge is 0.210 e. The molecule has 2 aromatic carbocycles. The number of methoxy groups -OCH3 is 1. The summed E-state index contributed by atoms with van der Waals surface area (Å²) >= 11 is 5.11. The van der Waals surface area contributed by atoms with Crippen molar-refractivity contribution in [2.75, 3.05) is 18.7 Å². The minimum atomic E-state index is 0.648. The maximum atomic E-state index is 6.16. The molecule has 0 saturated heterocycles. The minimum absolute atomic E-state index is 0.648. The van der Waals surface area contributed by atoms with Crippen LogP contribution in [0, 0.1) is 0 Å². The molecule has 3 rings (SSSR count). The van der Waals surface area contributed by atoms with Crippen LogP contribution in [0.15, 0.2) is 58.2 Å². The first-order valence-corrected chi connectivity index (χ1v) is 9.18. The Morgan fingerprint density at radius 1 is 1.12 bits per heavy atom. The minimum Gasteiger partial charge on any atom is -0.497 e. The number of thioether (sulfide) groups is 1. The van der Waals surface area contributed by atoms with Gasteiger partial charge in [0, 0.05) is 15.8 Å². The largest absolute Gasteiger partial charge is 0.497 e. The van der Waals surface area contributed by atoms with Crippen LogP contribution in [-0.4, -0.2) is 27.7 Å². The number of nitrogens with two attached hydrogens (primary N) is 1. The number of nitrogens with zero attached hydrogens (tertiary/aromatic N) is 3. The zero-order chi connectivity index (χ0) is 16.9. The van der Waals surface area contributed by atoms with Crippen molar-refractivity contribution in [2.24, 2.45) is 0 Å². The van der Waals surface area contributed by atoms with E-state index in [2.05, 4.69) is 38.3 Å². The molecule has 2 N–H and O–H groups in total. The molecule has 24 heavy (non-hydrogen) atoms. The maximum Gasteiger partial charge on any atom is 0.210 e. The zero-order valence-corrected chi connectivity index (χ0v) is 15.5. The lowest BCUT2D eigenvalue weighted by atomic mass is 10.2. The van der Waals surface area contributed by atoms with Crippen LogP contribution in [0.25, 0.3) is 11.4 Å². The van der Waals surface area contributed by atoms with E-state index in [1.165, 1.54) is 5.56 Å². The van der Waals surface area contributed by atoms with E-state index in [1.54, 1.807) is 23.5 Å².